The van der Waals surface area contributed by atoms with Crippen LogP contribution in [0.1, 0.15) is 52.4 Å². The van der Waals surface area contributed by atoms with Gasteiger partial charge in [0.2, 0.25) is 5.91 Å². The topological polar surface area (TPSA) is 55.1 Å². The van der Waals surface area contributed by atoms with Crippen LogP contribution in [-0.2, 0) is 4.79 Å². The lowest BCUT2D eigenvalue weighted by Gasteiger charge is -2.57. The first kappa shape index (κ1) is 16.1. The minimum Gasteiger partial charge on any atom is -0.355 e. The summed E-state index contributed by atoms with van der Waals surface area (Å²) in [6.07, 6.45) is 8.44. The van der Waals surface area contributed by atoms with E-state index in [1.165, 1.54) is 38.5 Å². The van der Waals surface area contributed by atoms with E-state index in [2.05, 4.69) is 5.32 Å². The Kier molecular flexibility index (Phi) is 4.70. The van der Waals surface area contributed by atoms with E-state index in [1.807, 2.05) is 13.8 Å². The highest BCUT2D eigenvalue weighted by Crippen LogP contribution is 2.59. The molecule has 0 heterocycles. The van der Waals surface area contributed by atoms with Crippen molar-refractivity contribution in [3.63, 3.8) is 0 Å². The van der Waals surface area contributed by atoms with Crippen molar-refractivity contribution in [3.05, 3.63) is 0 Å². The van der Waals surface area contributed by atoms with Gasteiger partial charge in [-0.25, -0.2) is 0 Å². The van der Waals surface area contributed by atoms with Gasteiger partial charge in [-0.05, 0) is 68.6 Å². The van der Waals surface area contributed by atoms with Crippen molar-refractivity contribution in [2.24, 2.45) is 34.8 Å². The Morgan fingerprint density at radius 1 is 1.15 bits per heavy atom. The maximum absolute atomic E-state index is 12.1. The summed E-state index contributed by atoms with van der Waals surface area (Å²) in [4.78, 5) is 12.1. The van der Waals surface area contributed by atoms with Gasteiger partial charge in [-0.1, -0.05) is 6.92 Å². The van der Waals surface area contributed by atoms with E-state index in [9.17, 15) is 4.79 Å². The predicted octanol–water partition coefficient (Wildman–Crippen LogP) is 2.72. The van der Waals surface area contributed by atoms with E-state index >= 15 is 0 Å². The molecular weight excluding hydrogens is 272 g/mol. The highest BCUT2D eigenvalue weighted by Gasteiger charge is 2.50. The molecule has 0 aromatic rings. The molecule has 0 spiro atoms. The summed E-state index contributed by atoms with van der Waals surface area (Å²) >= 11 is 0. The van der Waals surface area contributed by atoms with Gasteiger partial charge >= 0.3 is 0 Å². The molecular formula is C16H29ClN2O. The van der Waals surface area contributed by atoms with Crippen LogP contribution < -0.4 is 11.1 Å². The Morgan fingerprint density at radius 3 is 2.00 bits per heavy atom. The number of hydrogen-bond acceptors (Lipinski definition) is 2. The summed E-state index contributed by atoms with van der Waals surface area (Å²) < 4.78 is 0. The number of rotatable bonds is 4. The Balaban J connectivity index is 0.00000147. The average Bonchev–Trinajstić information content (AvgIpc) is 2.33. The van der Waals surface area contributed by atoms with Gasteiger partial charge in [0.15, 0.2) is 0 Å². The molecule has 0 aliphatic heterocycles. The summed E-state index contributed by atoms with van der Waals surface area (Å²) in [5.41, 5.74) is 6.25. The van der Waals surface area contributed by atoms with Crippen molar-refractivity contribution in [1.82, 2.24) is 5.32 Å². The Labute approximate surface area is 128 Å². The fraction of sp³-hybridized carbons (Fsp3) is 0.938. The molecule has 116 valence electrons. The molecule has 3 nitrogen and oxygen atoms in total. The first-order valence-corrected chi connectivity index (χ1v) is 8.01. The Hall–Kier alpha value is -0.280. The van der Waals surface area contributed by atoms with Crippen LogP contribution in [0.3, 0.4) is 0 Å². The minimum absolute atomic E-state index is 0. The second-order valence-electron chi connectivity index (χ2n) is 7.78. The van der Waals surface area contributed by atoms with Crippen LogP contribution in [0.25, 0.3) is 0 Å². The third-order valence-electron chi connectivity index (χ3n) is 6.00. The first-order chi connectivity index (χ1) is 8.97. The minimum atomic E-state index is -0.0751. The van der Waals surface area contributed by atoms with Crippen LogP contribution in [0, 0.1) is 29.1 Å². The number of nitrogens with two attached hydrogens (primary N) is 1. The molecule has 4 aliphatic carbocycles. The second-order valence-corrected chi connectivity index (χ2v) is 7.78. The summed E-state index contributed by atoms with van der Waals surface area (Å²) in [5, 5.41) is 3.20. The summed E-state index contributed by atoms with van der Waals surface area (Å²) in [5.74, 6) is 2.93. The molecule has 4 saturated carbocycles. The van der Waals surface area contributed by atoms with Crippen LogP contribution in [-0.4, -0.2) is 18.5 Å². The van der Waals surface area contributed by atoms with Gasteiger partial charge in [-0.15, -0.1) is 12.4 Å². The van der Waals surface area contributed by atoms with Gasteiger partial charge < -0.3 is 11.1 Å². The number of hydrogen-bond donors (Lipinski definition) is 2. The summed E-state index contributed by atoms with van der Waals surface area (Å²) in [6.45, 7) is 4.74. The maximum atomic E-state index is 12.1. The van der Waals surface area contributed by atoms with Crippen molar-refractivity contribution >= 4 is 18.3 Å². The third-order valence-corrected chi connectivity index (χ3v) is 6.00. The lowest BCUT2D eigenvalue weighted by atomic mass is 9.49. The molecule has 20 heavy (non-hydrogen) atoms. The monoisotopic (exact) mass is 300 g/mol. The van der Waals surface area contributed by atoms with E-state index in [-0.39, 0.29) is 30.3 Å². The van der Waals surface area contributed by atoms with E-state index in [1.54, 1.807) is 0 Å². The predicted molar refractivity (Wildman–Crippen MR) is 83.7 cm³/mol. The molecule has 4 bridgehead atoms. The van der Waals surface area contributed by atoms with Gasteiger partial charge in [-0.2, -0.15) is 0 Å². The first-order valence-electron chi connectivity index (χ1n) is 8.01. The van der Waals surface area contributed by atoms with Gasteiger partial charge in [0, 0.05) is 18.5 Å². The fourth-order valence-electron chi connectivity index (χ4n) is 5.18. The van der Waals surface area contributed by atoms with Crippen molar-refractivity contribution in [2.45, 2.75) is 58.4 Å². The van der Waals surface area contributed by atoms with E-state index in [4.69, 9.17) is 5.73 Å². The van der Waals surface area contributed by atoms with Crippen molar-refractivity contribution in [3.8, 4) is 0 Å². The van der Waals surface area contributed by atoms with Crippen LogP contribution >= 0.6 is 12.4 Å². The lowest BCUT2D eigenvalue weighted by Crippen LogP contribution is -2.52. The van der Waals surface area contributed by atoms with Gasteiger partial charge in [0.25, 0.3) is 0 Å². The van der Waals surface area contributed by atoms with Crippen molar-refractivity contribution in [1.29, 1.82) is 0 Å². The molecule has 2 atom stereocenters. The molecule has 3 N–H and O–H groups in total. The number of carbonyl (C=O) groups is 1. The highest BCUT2D eigenvalue weighted by molar-refractivity contribution is 5.85. The number of halogens is 1. The molecule has 0 aromatic heterocycles. The van der Waals surface area contributed by atoms with E-state index in [0.29, 0.717) is 5.41 Å². The number of nitrogens with one attached hydrogen (secondary N) is 1. The normalized spacial score (nSPS) is 40.9. The quantitative estimate of drug-likeness (QED) is 0.839. The highest BCUT2D eigenvalue weighted by atomic mass is 35.5. The van der Waals surface area contributed by atoms with Crippen LogP contribution in [0.5, 0.6) is 0 Å². The van der Waals surface area contributed by atoms with Crippen LogP contribution in [0.4, 0.5) is 0 Å². The van der Waals surface area contributed by atoms with Crippen LogP contribution in [0.15, 0.2) is 0 Å². The molecule has 0 radical (unpaired) electrons. The molecule has 0 aromatic carbocycles. The largest absolute Gasteiger partial charge is 0.355 e. The van der Waals surface area contributed by atoms with Gasteiger partial charge in [-0.3, -0.25) is 4.79 Å². The average molecular weight is 301 g/mol. The van der Waals surface area contributed by atoms with Crippen molar-refractivity contribution < 1.29 is 4.79 Å². The molecule has 4 aliphatic rings. The molecule has 0 saturated heterocycles. The summed E-state index contributed by atoms with van der Waals surface area (Å²) in [6, 6.07) is -0.0589. The van der Waals surface area contributed by atoms with Crippen LogP contribution in [0.2, 0.25) is 0 Å². The maximum Gasteiger partial charge on any atom is 0.224 e. The zero-order valence-electron chi connectivity index (χ0n) is 12.7. The van der Waals surface area contributed by atoms with E-state index in [0.717, 1.165) is 24.3 Å². The molecule has 1 amide bonds. The Bertz CT molecular complexity index is 334. The number of amides is 1. The number of carbonyl (C=O) groups excluding carboxylic acids is 1. The Morgan fingerprint density at radius 2 is 1.60 bits per heavy atom. The van der Waals surface area contributed by atoms with Gasteiger partial charge in [0.05, 0.1) is 0 Å². The molecule has 4 rings (SSSR count). The van der Waals surface area contributed by atoms with Crippen molar-refractivity contribution in [2.75, 3.05) is 6.54 Å². The molecule has 4 fully saturated rings. The second kappa shape index (κ2) is 5.84. The zero-order valence-corrected chi connectivity index (χ0v) is 13.5. The van der Waals surface area contributed by atoms with Gasteiger partial charge in [0.1, 0.15) is 0 Å². The molecule has 4 heteroatoms. The third kappa shape index (κ3) is 2.99. The summed E-state index contributed by atoms with van der Waals surface area (Å²) in [7, 11) is 0. The SMILES string of the molecule is CC(N)C(C)C(=O)NCC12CC3CC(CC(C3)C1)C2.Cl. The molecule has 2 unspecified atom stereocenters. The lowest BCUT2D eigenvalue weighted by molar-refractivity contribution is -0.127. The zero-order chi connectivity index (χ0) is 13.6. The fourth-order valence-corrected chi connectivity index (χ4v) is 5.18. The standard InChI is InChI=1S/C16H28N2O.ClH/c1-10(11(2)17)15(19)18-9-16-6-12-3-13(7-16)5-14(4-12)8-16;/h10-14H,3-9,17H2,1-2H3,(H,18,19);1H. The smallest absolute Gasteiger partial charge is 0.224 e. The van der Waals surface area contributed by atoms with E-state index < -0.39 is 0 Å².